The van der Waals surface area contributed by atoms with Gasteiger partial charge in [0, 0.05) is 29.9 Å². The van der Waals surface area contributed by atoms with Gasteiger partial charge in [0.15, 0.2) is 15.6 Å². The molecule has 0 unspecified atom stereocenters. The van der Waals surface area contributed by atoms with Crippen LogP contribution in [-0.4, -0.2) is 47.7 Å². The van der Waals surface area contributed by atoms with Gasteiger partial charge in [0.05, 0.1) is 34.3 Å². The zero-order chi connectivity index (χ0) is 26.0. The van der Waals surface area contributed by atoms with E-state index in [1.807, 2.05) is 0 Å². The van der Waals surface area contributed by atoms with E-state index in [1.54, 1.807) is 38.1 Å². The molecule has 3 N–H and O–H groups in total. The first-order valence-corrected chi connectivity index (χ1v) is 12.8. The Morgan fingerprint density at radius 1 is 1.08 bits per heavy atom. The number of carboxylic acids is 1. The molecule has 1 aliphatic carbocycles. The minimum Gasteiger partial charge on any atom is -0.494 e. The standard InChI is InChI=1S/C25H26N4O6S/c1-14(2)36(33,34)16-9-10-19(26-12-16)17-5-4-6-20(23(17)35-3)28-21-11-22(27-13-18(21)25(31)32)29-24(30)15-7-8-15/h4-6,9-15H,7-8H2,1-3H3,(H,31,32)(H2,27,28,29,30). The fourth-order valence-corrected chi connectivity index (χ4v) is 4.56. The van der Waals surface area contributed by atoms with Crippen LogP contribution in [0.5, 0.6) is 5.75 Å². The number of anilines is 3. The van der Waals surface area contributed by atoms with Crippen molar-refractivity contribution < 1.29 is 27.9 Å². The molecule has 1 fully saturated rings. The zero-order valence-electron chi connectivity index (χ0n) is 20.0. The minimum absolute atomic E-state index is 0.0338. The van der Waals surface area contributed by atoms with Crippen molar-refractivity contribution in [1.82, 2.24) is 9.97 Å². The third-order valence-electron chi connectivity index (χ3n) is 5.78. The van der Waals surface area contributed by atoms with Crippen LogP contribution in [0.4, 0.5) is 17.2 Å². The van der Waals surface area contributed by atoms with E-state index >= 15 is 0 Å². The summed E-state index contributed by atoms with van der Waals surface area (Å²) in [6.07, 6.45) is 4.14. The summed E-state index contributed by atoms with van der Waals surface area (Å²) >= 11 is 0. The number of ether oxygens (including phenoxy) is 1. The molecule has 36 heavy (non-hydrogen) atoms. The number of carboxylic acid groups (broad SMARTS) is 1. The third-order valence-corrected chi connectivity index (χ3v) is 7.92. The number of aromatic nitrogens is 2. The quantitative estimate of drug-likeness (QED) is 0.386. The first-order chi connectivity index (χ1) is 17.1. The molecule has 1 saturated carbocycles. The second-order valence-corrected chi connectivity index (χ2v) is 11.2. The molecule has 4 rings (SSSR count). The molecule has 3 aromatic rings. The molecule has 0 saturated heterocycles. The maximum Gasteiger partial charge on any atom is 0.339 e. The fraction of sp³-hybridized carbons (Fsp3) is 0.280. The van der Waals surface area contributed by atoms with Crippen LogP contribution < -0.4 is 15.4 Å². The number of amides is 1. The van der Waals surface area contributed by atoms with E-state index in [9.17, 15) is 23.1 Å². The van der Waals surface area contributed by atoms with Crippen molar-refractivity contribution in [1.29, 1.82) is 0 Å². The molecular weight excluding hydrogens is 484 g/mol. The predicted molar refractivity (Wildman–Crippen MR) is 134 cm³/mol. The van der Waals surface area contributed by atoms with Crippen molar-refractivity contribution in [2.24, 2.45) is 5.92 Å². The van der Waals surface area contributed by atoms with Crippen molar-refractivity contribution in [3.05, 3.63) is 54.4 Å². The molecule has 1 aromatic carbocycles. The number of benzene rings is 1. The van der Waals surface area contributed by atoms with E-state index in [1.165, 1.54) is 31.6 Å². The molecule has 0 radical (unpaired) electrons. The number of nitrogens with one attached hydrogen (secondary N) is 2. The Morgan fingerprint density at radius 3 is 2.42 bits per heavy atom. The Hall–Kier alpha value is -3.99. The van der Waals surface area contributed by atoms with Crippen molar-refractivity contribution in [3.63, 3.8) is 0 Å². The summed E-state index contributed by atoms with van der Waals surface area (Å²) in [5, 5.41) is 14.9. The highest BCUT2D eigenvalue weighted by Gasteiger charge is 2.30. The molecule has 0 atom stereocenters. The molecule has 0 aliphatic heterocycles. The summed E-state index contributed by atoms with van der Waals surface area (Å²) < 4.78 is 30.5. The lowest BCUT2D eigenvalue weighted by atomic mass is 10.1. The van der Waals surface area contributed by atoms with Gasteiger partial charge in [-0.05, 0) is 51.0 Å². The van der Waals surface area contributed by atoms with Crippen LogP contribution in [0.1, 0.15) is 37.0 Å². The molecule has 2 heterocycles. The molecule has 1 aliphatic rings. The third kappa shape index (κ3) is 5.15. The molecule has 2 aromatic heterocycles. The largest absolute Gasteiger partial charge is 0.494 e. The molecule has 10 nitrogen and oxygen atoms in total. The van der Waals surface area contributed by atoms with Crippen LogP contribution in [0.15, 0.2) is 53.7 Å². The van der Waals surface area contributed by atoms with E-state index in [-0.39, 0.29) is 33.8 Å². The van der Waals surface area contributed by atoms with Crippen LogP contribution in [-0.2, 0) is 14.6 Å². The summed E-state index contributed by atoms with van der Waals surface area (Å²) in [5.74, 6) is -0.762. The van der Waals surface area contributed by atoms with Crippen LogP contribution in [0.3, 0.4) is 0 Å². The van der Waals surface area contributed by atoms with Crippen LogP contribution in [0.25, 0.3) is 11.3 Å². The maximum absolute atomic E-state index is 12.4. The number of para-hydroxylation sites is 1. The molecule has 0 spiro atoms. The van der Waals surface area contributed by atoms with Crippen molar-refractivity contribution in [3.8, 4) is 17.0 Å². The van der Waals surface area contributed by atoms with Gasteiger partial charge in [0.1, 0.15) is 11.4 Å². The van der Waals surface area contributed by atoms with Gasteiger partial charge >= 0.3 is 5.97 Å². The number of nitrogens with zero attached hydrogens (tertiary/aromatic N) is 2. The Bertz CT molecular complexity index is 1420. The number of pyridine rings is 2. The number of methoxy groups -OCH3 is 1. The first-order valence-electron chi connectivity index (χ1n) is 11.3. The normalized spacial score (nSPS) is 13.3. The van der Waals surface area contributed by atoms with E-state index in [0.717, 1.165) is 12.8 Å². The average molecular weight is 511 g/mol. The van der Waals surface area contributed by atoms with Gasteiger partial charge < -0.3 is 20.5 Å². The average Bonchev–Trinajstić information content (AvgIpc) is 3.69. The highest BCUT2D eigenvalue weighted by Crippen LogP contribution is 2.38. The molecule has 1 amide bonds. The van der Waals surface area contributed by atoms with Gasteiger partial charge in [0.25, 0.3) is 0 Å². The Balaban J connectivity index is 1.69. The van der Waals surface area contributed by atoms with Crippen molar-refractivity contribution >= 4 is 38.9 Å². The second kappa shape index (κ2) is 9.94. The molecule has 188 valence electrons. The lowest BCUT2D eigenvalue weighted by Crippen LogP contribution is -2.15. The van der Waals surface area contributed by atoms with Gasteiger partial charge in [-0.1, -0.05) is 6.07 Å². The highest BCUT2D eigenvalue weighted by molar-refractivity contribution is 7.92. The number of hydrogen-bond acceptors (Lipinski definition) is 8. The Kier molecular flexibility index (Phi) is 6.93. The summed E-state index contributed by atoms with van der Waals surface area (Å²) in [5.41, 5.74) is 1.62. The van der Waals surface area contributed by atoms with Crippen molar-refractivity contribution in [2.75, 3.05) is 17.7 Å². The van der Waals surface area contributed by atoms with Gasteiger partial charge in [-0.15, -0.1) is 0 Å². The smallest absolute Gasteiger partial charge is 0.339 e. The molecule has 0 bridgehead atoms. The van der Waals surface area contributed by atoms with Crippen LogP contribution in [0.2, 0.25) is 0 Å². The second-order valence-electron chi connectivity index (χ2n) is 8.67. The monoisotopic (exact) mass is 510 g/mol. The maximum atomic E-state index is 12.4. The Labute approximate surface area is 208 Å². The van der Waals surface area contributed by atoms with Gasteiger partial charge in [-0.2, -0.15) is 0 Å². The van der Waals surface area contributed by atoms with Gasteiger partial charge in [-0.25, -0.2) is 18.2 Å². The Morgan fingerprint density at radius 2 is 1.83 bits per heavy atom. The van der Waals surface area contributed by atoms with Crippen LogP contribution in [0, 0.1) is 5.92 Å². The van der Waals surface area contributed by atoms with Crippen molar-refractivity contribution in [2.45, 2.75) is 36.8 Å². The van der Waals surface area contributed by atoms with Gasteiger partial charge in [-0.3, -0.25) is 9.78 Å². The molecule has 11 heteroatoms. The van der Waals surface area contributed by atoms with E-state index in [4.69, 9.17) is 4.74 Å². The zero-order valence-corrected chi connectivity index (χ0v) is 20.8. The highest BCUT2D eigenvalue weighted by atomic mass is 32.2. The summed E-state index contributed by atoms with van der Waals surface area (Å²) in [4.78, 5) is 32.5. The number of hydrogen-bond donors (Lipinski definition) is 3. The predicted octanol–water partition coefficient (Wildman–Crippen LogP) is 4.12. The number of carbonyl (C=O) groups excluding carboxylic acids is 1. The first kappa shape index (κ1) is 25.1. The number of carbonyl (C=O) groups is 2. The van der Waals surface area contributed by atoms with Gasteiger partial charge in [0.2, 0.25) is 5.91 Å². The van der Waals surface area contributed by atoms with E-state index < -0.39 is 21.1 Å². The SMILES string of the molecule is COc1c(Nc2cc(NC(=O)C3CC3)ncc2C(=O)O)cccc1-c1ccc(S(=O)(=O)C(C)C)cn1. The van der Waals surface area contributed by atoms with E-state index in [2.05, 4.69) is 20.6 Å². The lowest BCUT2D eigenvalue weighted by Gasteiger charge is -2.17. The lowest BCUT2D eigenvalue weighted by molar-refractivity contribution is -0.117. The number of rotatable bonds is 9. The summed E-state index contributed by atoms with van der Waals surface area (Å²) in [7, 11) is -2.00. The fourth-order valence-electron chi connectivity index (χ4n) is 3.55. The number of sulfone groups is 1. The molecular formula is C25H26N4O6S. The summed E-state index contributed by atoms with van der Waals surface area (Å²) in [6.45, 7) is 3.21. The number of aromatic carboxylic acids is 1. The van der Waals surface area contributed by atoms with Crippen LogP contribution >= 0.6 is 0 Å². The topological polar surface area (TPSA) is 148 Å². The summed E-state index contributed by atoms with van der Waals surface area (Å²) in [6, 6.07) is 9.75. The van der Waals surface area contributed by atoms with E-state index in [0.29, 0.717) is 22.7 Å². The minimum atomic E-state index is -3.47.